The Balaban J connectivity index is 1.59. The molecule has 172 valence electrons. The van der Waals surface area contributed by atoms with Gasteiger partial charge < -0.3 is 0 Å². The van der Waals surface area contributed by atoms with Crippen LogP contribution >= 0.6 is 0 Å². The van der Waals surface area contributed by atoms with Crippen molar-refractivity contribution in [1.82, 2.24) is 9.97 Å². The molecule has 1 aliphatic carbocycles. The molecule has 36 heavy (non-hydrogen) atoms. The lowest BCUT2D eigenvalue weighted by atomic mass is 9.80. The van der Waals surface area contributed by atoms with Crippen LogP contribution in [0, 0.1) is 6.92 Å². The minimum absolute atomic E-state index is 0.0373. The number of hydrogen-bond donors (Lipinski definition) is 0. The monoisotopic (exact) mass is 462 g/mol. The summed E-state index contributed by atoms with van der Waals surface area (Å²) in [7, 11) is 0. The second-order valence-electron chi connectivity index (χ2n) is 10.4. The van der Waals surface area contributed by atoms with Gasteiger partial charge >= 0.3 is 0 Å². The van der Waals surface area contributed by atoms with Crippen molar-refractivity contribution in [2.75, 3.05) is 0 Å². The molecule has 1 aromatic heterocycles. The van der Waals surface area contributed by atoms with Crippen molar-refractivity contribution < 1.29 is 0 Å². The quantitative estimate of drug-likeness (QED) is 0.240. The number of aryl methyl sites for hydroxylation is 1. The minimum Gasteiger partial charge on any atom is -0.245 e. The van der Waals surface area contributed by atoms with E-state index in [2.05, 4.69) is 116 Å². The highest BCUT2D eigenvalue weighted by atomic mass is 14.8. The molecule has 0 amide bonds. The third-order valence-electron chi connectivity index (χ3n) is 7.89. The van der Waals surface area contributed by atoms with Crippen molar-refractivity contribution in [1.29, 1.82) is 0 Å². The molecule has 2 heteroatoms. The Morgan fingerprint density at radius 3 is 2.14 bits per heavy atom. The molecule has 2 nitrogen and oxygen atoms in total. The van der Waals surface area contributed by atoms with Crippen molar-refractivity contribution in [3.05, 3.63) is 120 Å². The number of benzene rings is 5. The van der Waals surface area contributed by atoms with E-state index in [4.69, 9.17) is 0 Å². The van der Waals surface area contributed by atoms with Crippen LogP contribution in [0.3, 0.4) is 0 Å². The lowest BCUT2D eigenvalue weighted by Gasteiger charge is -2.23. The van der Waals surface area contributed by atoms with Gasteiger partial charge in [0.2, 0.25) is 0 Å². The molecular formula is C34H26N2. The lowest BCUT2D eigenvalue weighted by Crippen LogP contribution is -2.14. The zero-order valence-corrected chi connectivity index (χ0v) is 20.7. The highest BCUT2D eigenvalue weighted by Gasteiger charge is 2.35. The number of fused-ring (bicyclic) bond motifs is 5. The van der Waals surface area contributed by atoms with E-state index in [9.17, 15) is 0 Å². The summed E-state index contributed by atoms with van der Waals surface area (Å²) in [5.41, 5.74) is 11.4. The molecule has 0 spiro atoms. The van der Waals surface area contributed by atoms with Crippen LogP contribution in [0.5, 0.6) is 0 Å². The standard InChI is InChI=1S/C34H26N2/c1-21-12-14-27-28(18-21)32(25-9-4-5-10-26(25)33(27)31-16-17-35-20-36-31)22-13-15-24-23-8-6-7-11-29(23)34(2,3)30(24)19-22/h4-20H,1-3H3. The van der Waals surface area contributed by atoms with Gasteiger partial charge in [-0.2, -0.15) is 0 Å². The first-order valence-corrected chi connectivity index (χ1v) is 12.5. The van der Waals surface area contributed by atoms with Crippen molar-refractivity contribution in [2.24, 2.45) is 0 Å². The second-order valence-corrected chi connectivity index (χ2v) is 10.4. The molecule has 6 aromatic rings. The Kier molecular flexibility index (Phi) is 4.44. The Hall–Kier alpha value is -4.30. The topological polar surface area (TPSA) is 25.8 Å². The molecule has 0 N–H and O–H groups in total. The first-order valence-electron chi connectivity index (χ1n) is 12.5. The van der Waals surface area contributed by atoms with Crippen LogP contribution in [-0.2, 0) is 5.41 Å². The zero-order valence-electron chi connectivity index (χ0n) is 20.7. The first kappa shape index (κ1) is 21.0. The molecular weight excluding hydrogens is 436 g/mol. The van der Waals surface area contributed by atoms with E-state index in [0.717, 1.165) is 5.69 Å². The molecule has 0 bridgehead atoms. The summed E-state index contributed by atoms with van der Waals surface area (Å²) in [6.45, 7) is 6.87. The summed E-state index contributed by atoms with van der Waals surface area (Å²) in [5.74, 6) is 0. The summed E-state index contributed by atoms with van der Waals surface area (Å²) in [5, 5.41) is 4.94. The van der Waals surface area contributed by atoms with E-state index in [1.807, 2.05) is 12.3 Å². The molecule has 0 unspecified atom stereocenters. The SMILES string of the molecule is Cc1ccc2c(-c3ccncn3)c3ccccc3c(-c3ccc4c(c3)C(C)(C)c3ccccc3-4)c2c1. The maximum absolute atomic E-state index is 4.65. The number of rotatable bonds is 2. The third-order valence-corrected chi connectivity index (χ3v) is 7.89. The molecule has 1 aliphatic rings. The van der Waals surface area contributed by atoms with Gasteiger partial charge in [-0.3, -0.25) is 0 Å². The summed E-state index contributed by atoms with van der Waals surface area (Å²) < 4.78 is 0. The third kappa shape index (κ3) is 2.91. The van der Waals surface area contributed by atoms with Crippen LogP contribution in [0.1, 0.15) is 30.5 Å². The normalized spacial score (nSPS) is 13.6. The Morgan fingerprint density at radius 1 is 0.611 bits per heavy atom. The van der Waals surface area contributed by atoms with Gasteiger partial charge in [-0.05, 0) is 74.0 Å². The van der Waals surface area contributed by atoms with Gasteiger partial charge in [0, 0.05) is 17.2 Å². The molecule has 0 fully saturated rings. The smallest absolute Gasteiger partial charge is 0.116 e. The average Bonchev–Trinajstić information content (AvgIpc) is 3.14. The van der Waals surface area contributed by atoms with Crippen molar-refractivity contribution in [3.8, 4) is 33.5 Å². The minimum atomic E-state index is -0.0373. The van der Waals surface area contributed by atoms with Crippen LogP contribution in [0.4, 0.5) is 0 Å². The maximum Gasteiger partial charge on any atom is 0.116 e. The summed E-state index contributed by atoms with van der Waals surface area (Å²) >= 11 is 0. The molecule has 0 aliphatic heterocycles. The summed E-state index contributed by atoms with van der Waals surface area (Å²) in [4.78, 5) is 8.82. The second kappa shape index (κ2) is 7.60. The van der Waals surface area contributed by atoms with E-state index in [1.165, 1.54) is 66.1 Å². The van der Waals surface area contributed by atoms with Gasteiger partial charge in [-0.15, -0.1) is 0 Å². The predicted octanol–water partition coefficient (Wildman–Crippen LogP) is 8.73. The molecule has 0 saturated heterocycles. The first-order chi connectivity index (χ1) is 17.5. The fourth-order valence-corrected chi connectivity index (χ4v) is 6.18. The Bertz CT molecular complexity index is 1810. The molecule has 7 rings (SSSR count). The van der Waals surface area contributed by atoms with E-state index < -0.39 is 0 Å². The highest BCUT2D eigenvalue weighted by molar-refractivity contribution is 6.21. The molecule has 0 saturated carbocycles. The van der Waals surface area contributed by atoms with Crippen LogP contribution in [-0.4, -0.2) is 9.97 Å². The van der Waals surface area contributed by atoms with E-state index >= 15 is 0 Å². The molecule has 1 heterocycles. The molecule has 5 aromatic carbocycles. The predicted molar refractivity (Wildman–Crippen MR) is 150 cm³/mol. The van der Waals surface area contributed by atoms with Gasteiger partial charge in [0.15, 0.2) is 0 Å². The van der Waals surface area contributed by atoms with Gasteiger partial charge in [-0.1, -0.05) is 98.3 Å². The van der Waals surface area contributed by atoms with E-state index in [1.54, 1.807) is 6.33 Å². The van der Waals surface area contributed by atoms with E-state index in [0.29, 0.717) is 0 Å². The molecule has 0 radical (unpaired) electrons. The maximum atomic E-state index is 4.65. The van der Waals surface area contributed by atoms with E-state index in [-0.39, 0.29) is 5.41 Å². The zero-order chi connectivity index (χ0) is 24.4. The Morgan fingerprint density at radius 2 is 1.33 bits per heavy atom. The average molecular weight is 463 g/mol. The van der Waals surface area contributed by atoms with Gasteiger partial charge in [0.25, 0.3) is 0 Å². The van der Waals surface area contributed by atoms with Crippen LogP contribution < -0.4 is 0 Å². The highest BCUT2D eigenvalue weighted by Crippen LogP contribution is 2.51. The van der Waals surface area contributed by atoms with Crippen LogP contribution in [0.15, 0.2) is 104 Å². The summed E-state index contributed by atoms with van der Waals surface area (Å²) in [6, 6.07) is 33.4. The van der Waals surface area contributed by atoms with Crippen molar-refractivity contribution in [3.63, 3.8) is 0 Å². The van der Waals surface area contributed by atoms with Crippen molar-refractivity contribution >= 4 is 21.5 Å². The fraction of sp³-hybridized carbons (Fsp3) is 0.118. The fourth-order valence-electron chi connectivity index (χ4n) is 6.18. The van der Waals surface area contributed by atoms with Gasteiger partial charge in [0.1, 0.15) is 6.33 Å². The van der Waals surface area contributed by atoms with Crippen molar-refractivity contribution in [2.45, 2.75) is 26.2 Å². The lowest BCUT2D eigenvalue weighted by molar-refractivity contribution is 0.660. The summed E-state index contributed by atoms with van der Waals surface area (Å²) in [6.07, 6.45) is 3.46. The molecule has 0 atom stereocenters. The number of aromatic nitrogens is 2. The Labute approximate surface area is 211 Å². The van der Waals surface area contributed by atoms with Crippen LogP contribution in [0.2, 0.25) is 0 Å². The largest absolute Gasteiger partial charge is 0.245 e. The number of nitrogens with zero attached hydrogens (tertiary/aromatic N) is 2. The van der Waals surface area contributed by atoms with Crippen LogP contribution in [0.25, 0.3) is 55.1 Å². The van der Waals surface area contributed by atoms with Gasteiger partial charge in [0.05, 0.1) is 5.69 Å². The number of hydrogen-bond acceptors (Lipinski definition) is 2. The van der Waals surface area contributed by atoms with Gasteiger partial charge in [-0.25, -0.2) is 9.97 Å².